The maximum atomic E-state index is 12.8. The van der Waals surface area contributed by atoms with E-state index in [1.165, 1.54) is 19.2 Å². The number of hydrogen-bond acceptors (Lipinski definition) is 4. The molecule has 2 N–H and O–H groups in total. The maximum absolute atomic E-state index is 12.8. The number of anilines is 1. The summed E-state index contributed by atoms with van der Waals surface area (Å²) < 4.78 is 33.4. The minimum absolute atomic E-state index is 0.0741. The van der Waals surface area contributed by atoms with Crippen molar-refractivity contribution in [3.63, 3.8) is 0 Å². The normalized spacial score (nSPS) is 12.0. The van der Waals surface area contributed by atoms with Gasteiger partial charge in [0.15, 0.2) is 0 Å². The van der Waals surface area contributed by atoms with Crippen molar-refractivity contribution >= 4 is 21.6 Å². The molecule has 152 valence electrons. The molecule has 0 radical (unpaired) electrons. The molecule has 7 heteroatoms. The van der Waals surface area contributed by atoms with Gasteiger partial charge in [-0.2, -0.15) is 0 Å². The molecule has 0 fully saturated rings. The van der Waals surface area contributed by atoms with Gasteiger partial charge in [0.05, 0.1) is 7.11 Å². The average Bonchev–Trinajstić information content (AvgIpc) is 2.55. The van der Waals surface area contributed by atoms with Crippen molar-refractivity contribution < 1.29 is 17.9 Å². The van der Waals surface area contributed by atoms with Crippen LogP contribution in [0, 0.1) is 20.8 Å². The summed E-state index contributed by atoms with van der Waals surface area (Å²) in [7, 11) is -2.47. The molecule has 1 amide bonds. The van der Waals surface area contributed by atoms with E-state index in [-0.39, 0.29) is 22.1 Å². The Bertz CT molecular complexity index is 983. The molecule has 2 aromatic carbocycles. The van der Waals surface area contributed by atoms with Crippen LogP contribution in [0.25, 0.3) is 0 Å². The van der Waals surface area contributed by atoms with Gasteiger partial charge in [0, 0.05) is 16.8 Å². The summed E-state index contributed by atoms with van der Waals surface area (Å²) in [5.41, 5.74) is 3.29. The van der Waals surface area contributed by atoms with E-state index in [1.807, 2.05) is 32.9 Å². The fourth-order valence-electron chi connectivity index (χ4n) is 3.05. The van der Waals surface area contributed by atoms with Crippen LogP contribution in [0.2, 0.25) is 0 Å². The van der Waals surface area contributed by atoms with Crippen molar-refractivity contribution in [1.29, 1.82) is 0 Å². The Morgan fingerprint density at radius 2 is 1.57 bits per heavy atom. The van der Waals surface area contributed by atoms with Gasteiger partial charge in [-0.05, 0) is 70.9 Å². The number of ether oxygens (including phenoxy) is 1. The quantitative estimate of drug-likeness (QED) is 0.790. The Morgan fingerprint density at radius 3 is 2.07 bits per heavy atom. The van der Waals surface area contributed by atoms with Crippen molar-refractivity contribution in [2.24, 2.45) is 0 Å². The van der Waals surface area contributed by atoms with Crippen LogP contribution in [-0.2, 0) is 10.0 Å². The molecule has 0 spiro atoms. The van der Waals surface area contributed by atoms with Crippen LogP contribution in [-0.4, -0.2) is 27.0 Å². The van der Waals surface area contributed by atoms with E-state index in [0.29, 0.717) is 0 Å². The number of methoxy groups -OCH3 is 1. The highest BCUT2D eigenvalue weighted by atomic mass is 32.2. The first-order valence-electron chi connectivity index (χ1n) is 8.95. The number of aryl methyl sites for hydroxylation is 3. The summed E-state index contributed by atoms with van der Waals surface area (Å²) >= 11 is 0. The SMILES string of the molecule is COc1ccc(C(=O)Nc2c(C)cc(C)cc2C)cc1S(=O)(=O)NC(C)(C)C. The lowest BCUT2D eigenvalue weighted by molar-refractivity contribution is 0.102. The van der Waals surface area contributed by atoms with E-state index in [1.54, 1.807) is 26.8 Å². The molecule has 0 aliphatic rings. The number of nitrogens with one attached hydrogen (secondary N) is 2. The highest BCUT2D eigenvalue weighted by Gasteiger charge is 2.26. The monoisotopic (exact) mass is 404 g/mol. The van der Waals surface area contributed by atoms with Crippen molar-refractivity contribution in [1.82, 2.24) is 4.72 Å². The highest BCUT2D eigenvalue weighted by molar-refractivity contribution is 7.89. The lowest BCUT2D eigenvalue weighted by atomic mass is 10.0. The van der Waals surface area contributed by atoms with Crippen molar-refractivity contribution in [2.75, 3.05) is 12.4 Å². The van der Waals surface area contributed by atoms with E-state index in [0.717, 1.165) is 22.4 Å². The summed E-state index contributed by atoms with van der Waals surface area (Å²) in [6.45, 7) is 11.1. The second-order valence-electron chi connectivity index (χ2n) is 7.95. The zero-order chi connectivity index (χ0) is 21.3. The number of sulfonamides is 1. The topological polar surface area (TPSA) is 84.5 Å². The van der Waals surface area contributed by atoms with E-state index in [2.05, 4.69) is 10.0 Å². The summed E-state index contributed by atoms with van der Waals surface area (Å²) in [6, 6.07) is 8.34. The molecule has 0 saturated carbocycles. The first kappa shape index (κ1) is 21.9. The van der Waals surface area contributed by atoms with Crippen LogP contribution in [0.4, 0.5) is 5.69 Å². The first-order valence-corrected chi connectivity index (χ1v) is 10.4. The lowest BCUT2D eigenvalue weighted by Gasteiger charge is -2.21. The van der Waals surface area contributed by atoms with Crippen LogP contribution in [0.15, 0.2) is 35.2 Å². The van der Waals surface area contributed by atoms with Gasteiger partial charge >= 0.3 is 0 Å². The Morgan fingerprint density at radius 1 is 1.00 bits per heavy atom. The Balaban J connectivity index is 2.44. The van der Waals surface area contributed by atoms with Gasteiger partial charge in [0.1, 0.15) is 10.6 Å². The third kappa shape index (κ3) is 5.11. The van der Waals surface area contributed by atoms with Gasteiger partial charge in [0.25, 0.3) is 5.91 Å². The molecule has 2 rings (SSSR count). The van der Waals surface area contributed by atoms with Gasteiger partial charge in [-0.3, -0.25) is 4.79 Å². The molecule has 0 aliphatic heterocycles. The lowest BCUT2D eigenvalue weighted by Crippen LogP contribution is -2.40. The van der Waals surface area contributed by atoms with Gasteiger partial charge in [-0.15, -0.1) is 0 Å². The van der Waals surface area contributed by atoms with Gasteiger partial charge in [0.2, 0.25) is 10.0 Å². The first-order chi connectivity index (χ1) is 12.8. The van der Waals surface area contributed by atoms with Crippen LogP contribution >= 0.6 is 0 Å². The molecule has 0 bridgehead atoms. The van der Waals surface area contributed by atoms with E-state index >= 15 is 0 Å². The van der Waals surface area contributed by atoms with Crippen LogP contribution < -0.4 is 14.8 Å². The molecule has 0 atom stereocenters. The third-order valence-corrected chi connectivity index (χ3v) is 5.85. The van der Waals surface area contributed by atoms with Gasteiger partial charge in [-0.25, -0.2) is 13.1 Å². The maximum Gasteiger partial charge on any atom is 0.255 e. The van der Waals surface area contributed by atoms with E-state index in [9.17, 15) is 13.2 Å². The predicted octanol–water partition coefficient (Wildman–Crippen LogP) is 3.95. The molecule has 0 saturated heterocycles. The second kappa shape index (κ2) is 7.93. The molecule has 2 aromatic rings. The zero-order valence-electron chi connectivity index (χ0n) is 17.4. The number of benzene rings is 2. The third-order valence-electron chi connectivity index (χ3n) is 4.07. The summed E-state index contributed by atoms with van der Waals surface area (Å²) in [6.07, 6.45) is 0. The minimum Gasteiger partial charge on any atom is -0.495 e. The average molecular weight is 405 g/mol. The summed E-state index contributed by atoms with van der Waals surface area (Å²) in [4.78, 5) is 12.7. The fraction of sp³-hybridized carbons (Fsp3) is 0.381. The van der Waals surface area contributed by atoms with Crippen molar-refractivity contribution in [3.8, 4) is 5.75 Å². The summed E-state index contributed by atoms with van der Waals surface area (Å²) in [5, 5.41) is 2.89. The predicted molar refractivity (Wildman–Crippen MR) is 112 cm³/mol. The number of hydrogen-bond donors (Lipinski definition) is 2. The Hall–Kier alpha value is -2.38. The smallest absolute Gasteiger partial charge is 0.255 e. The molecule has 0 aromatic heterocycles. The Labute approximate surface area is 167 Å². The van der Waals surface area contributed by atoms with Crippen molar-refractivity contribution in [3.05, 3.63) is 52.6 Å². The number of rotatable bonds is 5. The van der Waals surface area contributed by atoms with Crippen LogP contribution in [0.1, 0.15) is 47.8 Å². The van der Waals surface area contributed by atoms with Crippen LogP contribution in [0.3, 0.4) is 0 Å². The standard InChI is InChI=1S/C21H28N2O4S/c1-13-10-14(2)19(15(3)11-13)22-20(24)16-8-9-17(27-7)18(12-16)28(25,26)23-21(4,5)6/h8-12,23H,1-7H3,(H,22,24). The highest BCUT2D eigenvalue weighted by Crippen LogP contribution is 2.27. The largest absolute Gasteiger partial charge is 0.495 e. The molecule has 0 heterocycles. The molecule has 0 unspecified atom stereocenters. The minimum atomic E-state index is -3.87. The van der Waals surface area contributed by atoms with E-state index in [4.69, 9.17) is 4.74 Å². The van der Waals surface area contributed by atoms with Gasteiger partial charge in [-0.1, -0.05) is 17.7 Å². The number of amides is 1. The Kier molecular flexibility index (Phi) is 6.21. The molecule has 28 heavy (non-hydrogen) atoms. The zero-order valence-corrected chi connectivity index (χ0v) is 18.2. The number of carbonyl (C=O) groups excluding carboxylic acids is 1. The molecular formula is C21H28N2O4S. The molecular weight excluding hydrogens is 376 g/mol. The fourth-order valence-corrected chi connectivity index (χ4v) is 4.66. The summed E-state index contributed by atoms with van der Waals surface area (Å²) in [5.74, 6) is -0.207. The van der Waals surface area contributed by atoms with E-state index < -0.39 is 15.6 Å². The van der Waals surface area contributed by atoms with Crippen LogP contribution in [0.5, 0.6) is 5.75 Å². The van der Waals surface area contributed by atoms with Crippen molar-refractivity contribution in [2.45, 2.75) is 52.0 Å². The second-order valence-corrected chi connectivity index (χ2v) is 9.60. The molecule has 0 aliphatic carbocycles. The van der Waals surface area contributed by atoms with Gasteiger partial charge < -0.3 is 10.1 Å². The molecule has 6 nitrogen and oxygen atoms in total. The number of carbonyl (C=O) groups is 1.